The van der Waals surface area contributed by atoms with Crippen molar-refractivity contribution in [1.82, 2.24) is 19.9 Å². The molecule has 0 saturated carbocycles. The largest absolute Gasteiger partial charge is 0.339 e. The van der Waals surface area contributed by atoms with E-state index in [9.17, 15) is 4.79 Å². The Morgan fingerprint density at radius 2 is 2.18 bits per heavy atom. The summed E-state index contributed by atoms with van der Waals surface area (Å²) in [5.41, 5.74) is 1.56. The third-order valence-corrected chi connectivity index (χ3v) is 5.03. The molecule has 0 atom stereocenters. The molecule has 0 fully saturated rings. The van der Waals surface area contributed by atoms with E-state index in [1.54, 1.807) is 22.9 Å². The van der Waals surface area contributed by atoms with Gasteiger partial charge in [-0.3, -0.25) is 4.79 Å². The van der Waals surface area contributed by atoms with Gasteiger partial charge in [0.1, 0.15) is 5.82 Å². The van der Waals surface area contributed by atoms with Crippen molar-refractivity contribution in [2.45, 2.75) is 19.8 Å². The quantitative estimate of drug-likeness (QED) is 0.502. The number of aryl methyl sites for hydroxylation is 2. The van der Waals surface area contributed by atoms with Crippen molar-refractivity contribution in [3.63, 3.8) is 0 Å². The van der Waals surface area contributed by atoms with Gasteiger partial charge in [-0.05, 0) is 36.6 Å². The summed E-state index contributed by atoms with van der Waals surface area (Å²) in [6.07, 6.45) is 0.570. The number of benzene rings is 1. The summed E-state index contributed by atoms with van der Waals surface area (Å²) in [7, 11) is 0. The molecule has 3 heterocycles. The molecule has 4 aromatic rings. The maximum atomic E-state index is 12.4. The lowest BCUT2D eigenvalue weighted by Gasteiger charge is -2.08. The van der Waals surface area contributed by atoms with Crippen LogP contribution in [0.3, 0.4) is 0 Å². The third-order valence-electron chi connectivity index (χ3n) is 3.93. The summed E-state index contributed by atoms with van der Waals surface area (Å²) >= 11 is 7.60. The van der Waals surface area contributed by atoms with Crippen LogP contribution in [0.4, 0.5) is 5.82 Å². The second-order valence-electron chi connectivity index (χ2n) is 6.10. The number of rotatable bonds is 6. The number of aromatic nitrogens is 4. The number of thiophene rings is 1. The van der Waals surface area contributed by atoms with E-state index in [0.717, 1.165) is 16.3 Å². The molecule has 0 spiro atoms. The first-order chi connectivity index (χ1) is 13.6. The number of nitrogens with one attached hydrogen (secondary N) is 1. The summed E-state index contributed by atoms with van der Waals surface area (Å²) in [6.45, 7) is 1.86. The van der Waals surface area contributed by atoms with Gasteiger partial charge in [0, 0.05) is 23.9 Å². The Morgan fingerprint density at radius 3 is 2.96 bits per heavy atom. The van der Waals surface area contributed by atoms with Crippen LogP contribution < -0.4 is 5.32 Å². The first-order valence-corrected chi connectivity index (χ1v) is 9.83. The normalized spacial score (nSPS) is 10.9. The van der Waals surface area contributed by atoms with E-state index in [1.165, 1.54) is 11.3 Å². The van der Waals surface area contributed by atoms with E-state index >= 15 is 0 Å². The lowest BCUT2D eigenvalue weighted by Crippen LogP contribution is -2.15. The topological polar surface area (TPSA) is 85.8 Å². The molecule has 1 aromatic carbocycles. The number of amides is 1. The number of carbonyl (C=O) groups is 1. The minimum Gasteiger partial charge on any atom is -0.339 e. The fraction of sp³-hybridized carbons (Fsp3) is 0.158. The van der Waals surface area contributed by atoms with E-state index in [2.05, 4.69) is 20.6 Å². The zero-order valence-corrected chi connectivity index (χ0v) is 16.5. The Hall–Kier alpha value is -2.97. The van der Waals surface area contributed by atoms with Gasteiger partial charge in [-0.1, -0.05) is 28.9 Å². The molecule has 0 unspecified atom stereocenters. The molecular formula is C19H16ClN5O2S. The summed E-state index contributed by atoms with van der Waals surface area (Å²) in [5, 5.41) is 13.8. The molecule has 1 N–H and O–H groups in total. The minimum absolute atomic E-state index is 0.168. The summed E-state index contributed by atoms with van der Waals surface area (Å²) < 4.78 is 6.89. The van der Waals surface area contributed by atoms with Gasteiger partial charge in [0.05, 0.1) is 16.3 Å². The van der Waals surface area contributed by atoms with Gasteiger partial charge in [-0.25, -0.2) is 4.68 Å². The molecule has 0 aliphatic carbocycles. The molecule has 0 aliphatic rings. The number of hydrogen-bond donors (Lipinski definition) is 1. The number of nitrogens with zero attached hydrogens (tertiary/aromatic N) is 4. The highest BCUT2D eigenvalue weighted by Crippen LogP contribution is 2.22. The van der Waals surface area contributed by atoms with Gasteiger partial charge >= 0.3 is 0 Å². The number of anilines is 1. The van der Waals surface area contributed by atoms with Crippen LogP contribution in [0.1, 0.15) is 18.0 Å². The van der Waals surface area contributed by atoms with Gasteiger partial charge in [0.15, 0.2) is 0 Å². The number of halogens is 1. The standard InChI is InChI=1S/C19H16ClN5O2S/c1-12-10-16(25(23-12)14-5-2-4-13(20)11-14)21-17(26)7-8-18-22-19(24-27-18)15-6-3-9-28-15/h2-6,9-11H,7-8H2,1H3,(H,21,26). The predicted octanol–water partition coefficient (Wildman–Crippen LogP) is 4.52. The Kier molecular flexibility index (Phi) is 5.23. The van der Waals surface area contributed by atoms with Crippen molar-refractivity contribution in [1.29, 1.82) is 0 Å². The van der Waals surface area contributed by atoms with Gasteiger partial charge < -0.3 is 9.84 Å². The zero-order valence-electron chi connectivity index (χ0n) is 14.9. The fourth-order valence-corrected chi connectivity index (χ4v) is 3.52. The lowest BCUT2D eigenvalue weighted by molar-refractivity contribution is -0.116. The Balaban J connectivity index is 1.42. The molecule has 0 bridgehead atoms. The summed E-state index contributed by atoms with van der Waals surface area (Å²) in [6, 6.07) is 12.9. The van der Waals surface area contributed by atoms with E-state index < -0.39 is 0 Å². The molecule has 7 nitrogen and oxygen atoms in total. The van der Waals surface area contributed by atoms with Crippen LogP contribution in [0.15, 0.2) is 52.4 Å². The van der Waals surface area contributed by atoms with Crippen LogP contribution >= 0.6 is 22.9 Å². The molecule has 28 heavy (non-hydrogen) atoms. The first-order valence-electron chi connectivity index (χ1n) is 8.57. The Bertz CT molecular complexity index is 1100. The van der Waals surface area contributed by atoms with Crippen LogP contribution in [0.25, 0.3) is 16.4 Å². The Morgan fingerprint density at radius 1 is 1.29 bits per heavy atom. The molecule has 3 aromatic heterocycles. The summed E-state index contributed by atoms with van der Waals surface area (Å²) in [4.78, 5) is 17.7. The SMILES string of the molecule is Cc1cc(NC(=O)CCc2nc(-c3cccs3)no2)n(-c2cccc(Cl)c2)n1. The second-order valence-corrected chi connectivity index (χ2v) is 7.48. The molecule has 4 rings (SSSR count). The van der Waals surface area contributed by atoms with Gasteiger partial charge in [0.2, 0.25) is 17.6 Å². The van der Waals surface area contributed by atoms with Crippen LogP contribution in [0.2, 0.25) is 5.02 Å². The molecule has 0 aliphatic heterocycles. The first kappa shape index (κ1) is 18.4. The lowest BCUT2D eigenvalue weighted by atomic mass is 10.3. The maximum Gasteiger partial charge on any atom is 0.227 e. The third kappa shape index (κ3) is 4.13. The van der Waals surface area contributed by atoms with Crippen LogP contribution in [-0.2, 0) is 11.2 Å². The highest BCUT2D eigenvalue weighted by molar-refractivity contribution is 7.13. The van der Waals surface area contributed by atoms with E-state index in [0.29, 0.717) is 29.0 Å². The van der Waals surface area contributed by atoms with Gasteiger partial charge in [-0.2, -0.15) is 10.1 Å². The van der Waals surface area contributed by atoms with Crippen molar-refractivity contribution in [2.24, 2.45) is 0 Å². The highest BCUT2D eigenvalue weighted by atomic mass is 35.5. The van der Waals surface area contributed by atoms with Crippen molar-refractivity contribution < 1.29 is 9.32 Å². The number of hydrogen-bond acceptors (Lipinski definition) is 6. The van der Waals surface area contributed by atoms with Crippen molar-refractivity contribution in [3.8, 4) is 16.4 Å². The van der Waals surface area contributed by atoms with Crippen molar-refractivity contribution in [3.05, 3.63) is 64.5 Å². The average molecular weight is 414 g/mol. The monoisotopic (exact) mass is 413 g/mol. The predicted molar refractivity (Wildman–Crippen MR) is 108 cm³/mol. The number of carbonyl (C=O) groups excluding carboxylic acids is 1. The molecular weight excluding hydrogens is 398 g/mol. The fourth-order valence-electron chi connectivity index (χ4n) is 2.68. The van der Waals surface area contributed by atoms with E-state index in [1.807, 2.05) is 36.6 Å². The van der Waals surface area contributed by atoms with Gasteiger partial charge in [-0.15, -0.1) is 11.3 Å². The summed E-state index contributed by atoms with van der Waals surface area (Å²) in [5.74, 6) is 1.38. The van der Waals surface area contributed by atoms with Crippen LogP contribution in [0, 0.1) is 6.92 Å². The van der Waals surface area contributed by atoms with Crippen molar-refractivity contribution >= 4 is 34.7 Å². The Labute approximate surface area is 170 Å². The molecule has 1 amide bonds. The van der Waals surface area contributed by atoms with Crippen LogP contribution in [0.5, 0.6) is 0 Å². The second kappa shape index (κ2) is 7.95. The van der Waals surface area contributed by atoms with Crippen molar-refractivity contribution in [2.75, 3.05) is 5.32 Å². The molecule has 142 valence electrons. The minimum atomic E-state index is -0.168. The smallest absolute Gasteiger partial charge is 0.227 e. The molecule has 0 radical (unpaired) electrons. The van der Waals surface area contributed by atoms with Gasteiger partial charge in [0.25, 0.3) is 0 Å². The zero-order chi connectivity index (χ0) is 19.5. The molecule has 9 heteroatoms. The van der Waals surface area contributed by atoms with E-state index in [-0.39, 0.29) is 12.3 Å². The van der Waals surface area contributed by atoms with Crippen LogP contribution in [-0.4, -0.2) is 25.8 Å². The maximum absolute atomic E-state index is 12.4. The van der Waals surface area contributed by atoms with E-state index in [4.69, 9.17) is 16.1 Å². The highest BCUT2D eigenvalue weighted by Gasteiger charge is 2.14. The molecule has 0 saturated heterocycles. The average Bonchev–Trinajstić information content (AvgIpc) is 3.41.